The third kappa shape index (κ3) is 2.19. The standard InChI is InChI=1S/C17H22O5/c1-8-7-12(21-10(3)18)13-9(2)16(19)22-15(13)14-11(8)5-6-17(14,4)20/h5-6,9,12-15,20H,7H2,1-4H3/t9-,12-,13+,14+,15+,17-/m1/s1. The van der Waals surface area contributed by atoms with Gasteiger partial charge in [-0.3, -0.25) is 9.59 Å². The van der Waals surface area contributed by atoms with Crippen LogP contribution in [0.25, 0.3) is 0 Å². The Hall–Kier alpha value is -1.62. The lowest BCUT2D eigenvalue weighted by atomic mass is 9.76. The third-order valence-corrected chi connectivity index (χ3v) is 5.22. The number of fused-ring (bicyclic) bond motifs is 3. The number of rotatable bonds is 1. The second-order valence-corrected chi connectivity index (χ2v) is 6.89. The number of esters is 2. The minimum Gasteiger partial charge on any atom is -0.462 e. The molecule has 3 rings (SSSR count). The lowest BCUT2D eigenvalue weighted by Gasteiger charge is -2.34. The maximum Gasteiger partial charge on any atom is 0.309 e. The molecule has 0 bridgehead atoms. The summed E-state index contributed by atoms with van der Waals surface area (Å²) in [6.07, 6.45) is 3.37. The van der Waals surface area contributed by atoms with Crippen LogP contribution in [0.5, 0.6) is 0 Å². The molecule has 1 fully saturated rings. The number of hydrogen-bond donors (Lipinski definition) is 1. The van der Waals surface area contributed by atoms with Gasteiger partial charge in [-0.05, 0) is 19.4 Å². The highest BCUT2D eigenvalue weighted by atomic mass is 16.6. The molecule has 22 heavy (non-hydrogen) atoms. The number of ether oxygens (including phenoxy) is 2. The van der Waals surface area contributed by atoms with Gasteiger partial charge in [0.2, 0.25) is 0 Å². The topological polar surface area (TPSA) is 72.8 Å². The van der Waals surface area contributed by atoms with Crippen molar-refractivity contribution in [3.8, 4) is 0 Å². The monoisotopic (exact) mass is 306 g/mol. The second-order valence-electron chi connectivity index (χ2n) is 6.89. The first-order valence-corrected chi connectivity index (χ1v) is 7.71. The van der Waals surface area contributed by atoms with Gasteiger partial charge in [-0.25, -0.2) is 0 Å². The zero-order valence-corrected chi connectivity index (χ0v) is 13.3. The molecule has 3 aliphatic rings. The van der Waals surface area contributed by atoms with Crippen molar-refractivity contribution < 1.29 is 24.2 Å². The summed E-state index contributed by atoms with van der Waals surface area (Å²) in [5, 5.41) is 10.7. The largest absolute Gasteiger partial charge is 0.462 e. The van der Waals surface area contributed by atoms with Crippen molar-refractivity contribution >= 4 is 11.9 Å². The Balaban J connectivity index is 2.07. The fourth-order valence-corrected chi connectivity index (χ4v) is 4.17. The first kappa shape index (κ1) is 15.3. The molecule has 0 unspecified atom stereocenters. The summed E-state index contributed by atoms with van der Waals surface area (Å²) in [5.74, 6) is -1.53. The predicted molar refractivity (Wildman–Crippen MR) is 78.7 cm³/mol. The van der Waals surface area contributed by atoms with E-state index in [1.807, 2.05) is 13.0 Å². The molecule has 1 N–H and O–H groups in total. The smallest absolute Gasteiger partial charge is 0.309 e. The predicted octanol–water partition coefficient (Wildman–Crippen LogP) is 1.75. The van der Waals surface area contributed by atoms with E-state index in [1.54, 1.807) is 19.9 Å². The first-order chi connectivity index (χ1) is 10.2. The van der Waals surface area contributed by atoms with Gasteiger partial charge in [0, 0.05) is 19.3 Å². The summed E-state index contributed by atoms with van der Waals surface area (Å²) >= 11 is 0. The fraction of sp³-hybridized carbons (Fsp3) is 0.647. The molecule has 0 radical (unpaired) electrons. The highest BCUT2D eigenvalue weighted by Gasteiger charge is 2.57. The van der Waals surface area contributed by atoms with Gasteiger partial charge < -0.3 is 14.6 Å². The Morgan fingerprint density at radius 3 is 2.82 bits per heavy atom. The van der Waals surface area contributed by atoms with Crippen molar-refractivity contribution in [2.45, 2.75) is 51.9 Å². The fourth-order valence-electron chi connectivity index (χ4n) is 4.17. The van der Waals surface area contributed by atoms with E-state index in [-0.39, 0.29) is 29.7 Å². The Morgan fingerprint density at radius 2 is 2.18 bits per heavy atom. The molecule has 0 amide bonds. The van der Waals surface area contributed by atoms with Gasteiger partial charge in [0.1, 0.15) is 12.2 Å². The second kappa shape index (κ2) is 4.95. The SMILES string of the molecule is CC(=O)O[C@@H]1CC(C)=C2C=C[C@@](C)(O)[C@@H]2[C@H]2OC(=O)[C@H](C)[C@H]21. The lowest BCUT2D eigenvalue weighted by molar-refractivity contribution is -0.151. The van der Waals surface area contributed by atoms with Crippen LogP contribution in [-0.4, -0.2) is 34.9 Å². The molecule has 6 atom stereocenters. The van der Waals surface area contributed by atoms with Crippen LogP contribution in [0.1, 0.15) is 34.1 Å². The van der Waals surface area contributed by atoms with Gasteiger partial charge >= 0.3 is 11.9 Å². The molecule has 5 nitrogen and oxygen atoms in total. The van der Waals surface area contributed by atoms with E-state index in [2.05, 4.69) is 0 Å². The summed E-state index contributed by atoms with van der Waals surface area (Å²) in [6.45, 7) is 6.90. The van der Waals surface area contributed by atoms with Crippen molar-refractivity contribution in [1.82, 2.24) is 0 Å². The normalized spacial score (nSPS) is 43.5. The zero-order valence-electron chi connectivity index (χ0n) is 13.3. The molecule has 0 aromatic carbocycles. The first-order valence-electron chi connectivity index (χ1n) is 7.71. The summed E-state index contributed by atoms with van der Waals surface area (Å²) in [6, 6.07) is 0. The Labute approximate surface area is 130 Å². The molecule has 1 aliphatic heterocycles. The summed E-state index contributed by atoms with van der Waals surface area (Å²) in [4.78, 5) is 23.5. The highest BCUT2D eigenvalue weighted by molar-refractivity contribution is 5.75. The average molecular weight is 306 g/mol. The highest BCUT2D eigenvalue weighted by Crippen LogP contribution is 2.50. The van der Waals surface area contributed by atoms with E-state index in [0.29, 0.717) is 6.42 Å². The van der Waals surface area contributed by atoms with Gasteiger partial charge in [0.25, 0.3) is 0 Å². The summed E-state index contributed by atoms with van der Waals surface area (Å²) in [5.41, 5.74) is 1.01. The maximum absolute atomic E-state index is 12.1. The maximum atomic E-state index is 12.1. The van der Waals surface area contributed by atoms with Crippen molar-refractivity contribution in [3.05, 3.63) is 23.3 Å². The van der Waals surface area contributed by atoms with Crippen LogP contribution in [0, 0.1) is 17.8 Å². The van der Waals surface area contributed by atoms with Crippen LogP contribution in [0.4, 0.5) is 0 Å². The van der Waals surface area contributed by atoms with Crippen molar-refractivity contribution in [2.24, 2.45) is 17.8 Å². The van der Waals surface area contributed by atoms with Gasteiger partial charge in [0.05, 0.1) is 17.4 Å². The molecular formula is C17H22O5. The number of allylic oxidation sites excluding steroid dienone is 1. The minimum absolute atomic E-state index is 0.236. The number of carbonyl (C=O) groups is 2. The van der Waals surface area contributed by atoms with Gasteiger partial charge in [-0.1, -0.05) is 24.6 Å². The van der Waals surface area contributed by atoms with Crippen LogP contribution in [-0.2, 0) is 19.1 Å². The summed E-state index contributed by atoms with van der Waals surface area (Å²) in [7, 11) is 0. The van der Waals surface area contributed by atoms with Crippen LogP contribution in [0.15, 0.2) is 23.3 Å². The molecule has 0 aromatic rings. The van der Waals surface area contributed by atoms with E-state index in [4.69, 9.17) is 9.47 Å². The van der Waals surface area contributed by atoms with E-state index in [1.165, 1.54) is 6.92 Å². The van der Waals surface area contributed by atoms with Crippen LogP contribution in [0.2, 0.25) is 0 Å². The van der Waals surface area contributed by atoms with Crippen molar-refractivity contribution in [1.29, 1.82) is 0 Å². The minimum atomic E-state index is -1.06. The third-order valence-electron chi connectivity index (χ3n) is 5.22. The van der Waals surface area contributed by atoms with Gasteiger partial charge in [-0.15, -0.1) is 0 Å². The van der Waals surface area contributed by atoms with Crippen molar-refractivity contribution in [2.75, 3.05) is 0 Å². The van der Waals surface area contributed by atoms with E-state index in [0.717, 1.165) is 11.1 Å². The molecule has 2 aliphatic carbocycles. The quantitative estimate of drug-likeness (QED) is 0.747. The lowest BCUT2D eigenvalue weighted by Crippen LogP contribution is -2.44. The van der Waals surface area contributed by atoms with Crippen LogP contribution >= 0.6 is 0 Å². The number of carbonyl (C=O) groups excluding carboxylic acids is 2. The average Bonchev–Trinajstić information content (AvgIpc) is 2.81. The molecule has 0 saturated carbocycles. The number of aliphatic hydroxyl groups is 1. The molecule has 1 saturated heterocycles. The Morgan fingerprint density at radius 1 is 1.50 bits per heavy atom. The van der Waals surface area contributed by atoms with E-state index >= 15 is 0 Å². The number of hydrogen-bond acceptors (Lipinski definition) is 5. The van der Waals surface area contributed by atoms with Crippen LogP contribution < -0.4 is 0 Å². The van der Waals surface area contributed by atoms with Crippen molar-refractivity contribution in [3.63, 3.8) is 0 Å². The van der Waals surface area contributed by atoms with Crippen LogP contribution in [0.3, 0.4) is 0 Å². The van der Waals surface area contributed by atoms with E-state index < -0.39 is 17.8 Å². The Bertz CT molecular complexity index is 586. The summed E-state index contributed by atoms with van der Waals surface area (Å²) < 4.78 is 11.1. The Kier molecular flexibility index (Phi) is 3.44. The molecular weight excluding hydrogens is 284 g/mol. The molecule has 0 aromatic heterocycles. The van der Waals surface area contributed by atoms with E-state index in [9.17, 15) is 14.7 Å². The van der Waals surface area contributed by atoms with Gasteiger partial charge in [0.15, 0.2) is 0 Å². The van der Waals surface area contributed by atoms with Gasteiger partial charge in [-0.2, -0.15) is 0 Å². The molecule has 120 valence electrons. The molecule has 5 heteroatoms. The zero-order chi connectivity index (χ0) is 16.2. The molecule has 1 heterocycles. The molecule has 0 spiro atoms.